The molecule has 0 radical (unpaired) electrons. The van der Waals surface area contributed by atoms with Crippen molar-refractivity contribution in [2.24, 2.45) is 0 Å². The summed E-state index contributed by atoms with van der Waals surface area (Å²) in [6.45, 7) is -0.338. The Morgan fingerprint density at radius 2 is 2.03 bits per heavy atom. The van der Waals surface area contributed by atoms with Crippen molar-refractivity contribution in [3.63, 3.8) is 0 Å². The number of aliphatic hydroxyl groups is 1. The van der Waals surface area contributed by atoms with Crippen LogP contribution in [0.3, 0.4) is 0 Å². The molecule has 1 aliphatic heterocycles. The van der Waals surface area contributed by atoms with E-state index < -0.39 is 26.9 Å². The van der Waals surface area contributed by atoms with E-state index in [1.807, 2.05) is 6.07 Å². The second kappa shape index (κ2) is 9.91. The van der Waals surface area contributed by atoms with E-state index in [-0.39, 0.29) is 31.1 Å². The Kier molecular flexibility index (Phi) is 6.90. The number of hydrogen-bond donors (Lipinski definition) is 3. The number of anilines is 1. The number of nitrogens with one attached hydrogen (secondary N) is 2. The maximum atomic E-state index is 12.8. The number of sulfonamides is 1. The molecular weight excluding hydrogens is 486 g/mol. The number of hydrogen-bond acceptors (Lipinski definition) is 10. The van der Waals surface area contributed by atoms with E-state index in [4.69, 9.17) is 15.3 Å². The molecule has 13 heteroatoms. The van der Waals surface area contributed by atoms with Crippen molar-refractivity contribution in [2.45, 2.75) is 30.4 Å². The number of rotatable bonds is 9. The van der Waals surface area contributed by atoms with Gasteiger partial charge in [-0.25, -0.2) is 13.1 Å². The van der Waals surface area contributed by atoms with Crippen LogP contribution in [0.2, 0.25) is 0 Å². The highest BCUT2D eigenvalue weighted by Gasteiger charge is 2.55. The summed E-state index contributed by atoms with van der Waals surface area (Å²) >= 11 is 0. The lowest BCUT2D eigenvalue weighted by atomic mass is 10.0. The molecule has 12 nitrogen and oxygen atoms in total. The number of aromatic nitrogens is 2. The molecule has 2 heterocycles. The second-order valence-electron chi connectivity index (χ2n) is 8.48. The van der Waals surface area contributed by atoms with Crippen LogP contribution in [0.15, 0.2) is 36.0 Å². The van der Waals surface area contributed by atoms with Gasteiger partial charge < -0.3 is 20.1 Å². The van der Waals surface area contributed by atoms with Crippen molar-refractivity contribution in [3.8, 4) is 18.0 Å². The van der Waals surface area contributed by atoms with Gasteiger partial charge in [0.05, 0.1) is 36.0 Å². The van der Waals surface area contributed by atoms with E-state index in [1.165, 1.54) is 17.2 Å². The van der Waals surface area contributed by atoms with Crippen LogP contribution in [0.25, 0.3) is 6.08 Å². The summed E-state index contributed by atoms with van der Waals surface area (Å²) in [5.74, 6) is -0.473. The molecular formula is C23H23N7O5S. The van der Waals surface area contributed by atoms with Gasteiger partial charge in [0.2, 0.25) is 10.0 Å². The SMILES string of the molecule is CN1c2c(cnnc2OCC2(S(=O)(=O)NCC#N)CC2)C=C(C(=O)NCc2ccc(C#N)cc2)C1O. The number of nitrogens with zero attached hydrogens (tertiary/aromatic N) is 5. The standard InChI is InChI=1S/C23H23N7O5S/c1-30-19-17(10-18(22(30)32)20(31)26-12-16-4-2-15(11-25)3-5-16)13-27-29-21(19)35-14-23(6-7-23)36(33,34)28-9-8-24/h2-5,10,13,22,28,32H,6-7,9,12,14H2,1H3,(H,26,31). The Labute approximate surface area is 207 Å². The fraction of sp³-hybridized carbons (Fsp3) is 0.348. The summed E-state index contributed by atoms with van der Waals surface area (Å²) < 4.78 is 31.9. The third kappa shape index (κ3) is 4.85. The van der Waals surface area contributed by atoms with Gasteiger partial charge in [0, 0.05) is 19.2 Å². The smallest absolute Gasteiger partial charge is 0.258 e. The molecule has 1 aliphatic carbocycles. The van der Waals surface area contributed by atoms with Crippen LogP contribution in [0.4, 0.5) is 5.69 Å². The van der Waals surface area contributed by atoms with Crippen LogP contribution in [-0.4, -0.2) is 60.8 Å². The molecule has 36 heavy (non-hydrogen) atoms. The molecule has 1 aromatic heterocycles. The van der Waals surface area contributed by atoms with E-state index in [2.05, 4.69) is 20.2 Å². The Bertz CT molecular complexity index is 1390. The highest BCUT2D eigenvalue weighted by atomic mass is 32.2. The summed E-state index contributed by atoms with van der Waals surface area (Å²) in [5, 5.41) is 39.0. The lowest BCUT2D eigenvalue weighted by Gasteiger charge is -2.33. The number of aliphatic hydroxyl groups excluding tert-OH is 1. The first-order chi connectivity index (χ1) is 17.2. The normalized spacial score (nSPS) is 17.7. The van der Waals surface area contributed by atoms with Crippen molar-refractivity contribution >= 4 is 27.7 Å². The average Bonchev–Trinajstić information content (AvgIpc) is 3.69. The Morgan fingerprint density at radius 1 is 1.31 bits per heavy atom. The Hall–Kier alpha value is -4.04. The number of ether oxygens (including phenoxy) is 1. The zero-order chi connectivity index (χ0) is 25.9. The number of nitriles is 2. The van der Waals surface area contributed by atoms with Gasteiger partial charge in [-0.15, -0.1) is 5.10 Å². The monoisotopic (exact) mass is 509 g/mol. The first kappa shape index (κ1) is 25.1. The summed E-state index contributed by atoms with van der Waals surface area (Å²) in [4.78, 5) is 14.2. The summed E-state index contributed by atoms with van der Waals surface area (Å²) in [7, 11) is -2.22. The van der Waals surface area contributed by atoms with E-state index in [9.17, 15) is 18.3 Å². The average molecular weight is 510 g/mol. The van der Waals surface area contributed by atoms with Gasteiger partial charge in [0.25, 0.3) is 11.8 Å². The van der Waals surface area contributed by atoms with Gasteiger partial charge in [-0.2, -0.15) is 15.6 Å². The summed E-state index contributed by atoms with van der Waals surface area (Å²) in [6, 6.07) is 10.5. The zero-order valence-corrected chi connectivity index (χ0v) is 20.1. The Balaban J connectivity index is 1.50. The minimum Gasteiger partial charge on any atom is -0.473 e. The molecule has 4 rings (SSSR count). The number of amides is 1. The van der Waals surface area contributed by atoms with Gasteiger partial charge in [0.1, 0.15) is 17.0 Å². The minimum atomic E-state index is -3.77. The van der Waals surface area contributed by atoms with Crippen LogP contribution in [-0.2, 0) is 21.4 Å². The van der Waals surface area contributed by atoms with Crippen molar-refractivity contribution in [1.29, 1.82) is 10.5 Å². The van der Waals surface area contributed by atoms with E-state index in [1.54, 1.807) is 37.4 Å². The maximum absolute atomic E-state index is 12.8. The largest absolute Gasteiger partial charge is 0.473 e. The van der Waals surface area contributed by atoms with Crippen LogP contribution < -0.4 is 19.7 Å². The highest BCUT2D eigenvalue weighted by Crippen LogP contribution is 2.44. The van der Waals surface area contributed by atoms with Gasteiger partial charge in [0.15, 0.2) is 6.23 Å². The quantitative estimate of drug-likeness (QED) is 0.394. The van der Waals surface area contributed by atoms with Gasteiger partial charge in [-0.05, 0) is 36.6 Å². The molecule has 1 atom stereocenters. The predicted molar refractivity (Wildman–Crippen MR) is 127 cm³/mol. The first-order valence-electron chi connectivity index (χ1n) is 11.0. The van der Waals surface area contributed by atoms with E-state index >= 15 is 0 Å². The van der Waals surface area contributed by atoms with Crippen LogP contribution in [0.1, 0.15) is 29.5 Å². The number of benzene rings is 1. The van der Waals surface area contributed by atoms with Crippen LogP contribution >= 0.6 is 0 Å². The first-order valence-corrected chi connectivity index (χ1v) is 12.4. The maximum Gasteiger partial charge on any atom is 0.258 e. The number of carbonyl (C=O) groups is 1. The molecule has 0 saturated heterocycles. The summed E-state index contributed by atoms with van der Waals surface area (Å²) in [5.41, 5.74) is 2.21. The summed E-state index contributed by atoms with van der Waals surface area (Å²) in [6.07, 6.45) is 2.32. The van der Waals surface area contributed by atoms with Crippen molar-refractivity contribution < 1.29 is 23.1 Å². The molecule has 1 saturated carbocycles. The molecule has 1 aromatic carbocycles. The van der Waals surface area contributed by atoms with E-state index in [0.29, 0.717) is 29.7 Å². The second-order valence-corrected chi connectivity index (χ2v) is 10.6. The molecule has 2 aromatic rings. The molecule has 1 amide bonds. The lowest BCUT2D eigenvalue weighted by molar-refractivity contribution is -0.118. The molecule has 1 fully saturated rings. The van der Waals surface area contributed by atoms with Gasteiger partial charge in [-0.1, -0.05) is 12.1 Å². The fourth-order valence-electron chi connectivity index (χ4n) is 3.78. The third-order valence-electron chi connectivity index (χ3n) is 6.12. The van der Waals surface area contributed by atoms with Gasteiger partial charge in [-0.3, -0.25) is 4.79 Å². The van der Waals surface area contributed by atoms with Crippen LogP contribution in [0, 0.1) is 22.7 Å². The van der Waals surface area contributed by atoms with Gasteiger partial charge >= 0.3 is 0 Å². The zero-order valence-electron chi connectivity index (χ0n) is 19.3. The molecule has 3 N–H and O–H groups in total. The van der Waals surface area contributed by atoms with Crippen molar-refractivity contribution in [1.82, 2.24) is 20.2 Å². The van der Waals surface area contributed by atoms with Crippen molar-refractivity contribution in [3.05, 3.63) is 52.7 Å². The molecule has 0 spiro atoms. The fourth-order valence-corrected chi connectivity index (χ4v) is 5.19. The molecule has 1 unspecified atom stereocenters. The number of carbonyl (C=O) groups excluding carboxylic acids is 1. The van der Waals surface area contributed by atoms with Crippen molar-refractivity contribution in [2.75, 3.05) is 25.1 Å². The topological polar surface area (TPSA) is 181 Å². The molecule has 2 aliphatic rings. The number of likely N-dealkylation sites (N-methyl/N-ethyl adjacent to an activating group) is 1. The molecule has 0 bridgehead atoms. The number of fused-ring (bicyclic) bond motifs is 1. The minimum absolute atomic E-state index is 0.0177. The lowest BCUT2D eigenvalue weighted by Crippen LogP contribution is -2.42. The molecule has 186 valence electrons. The third-order valence-corrected chi connectivity index (χ3v) is 8.31. The highest BCUT2D eigenvalue weighted by molar-refractivity contribution is 7.91. The predicted octanol–water partition coefficient (Wildman–Crippen LogP) is 0.171. The Morgan fingerprint density at radius 3 is 2.67 bits per heavy atom. The van der Waals surface area contributed by atoms with E-state index in [0.717, 1.165) is 5.56 Å². The van der Waals surface area contributed by atoms with Crippen LogP contribution in [0.5, 0.6) is 5.88 Å².